The van der Waals surface area contributed by atoms with Crippen molar-refractivity contribution in [2.24, 2.45) is 0 Å². The van der Waals surface area contributed by atoms with Gasteiger partial charge in [-0.25, -0.2) is 0 Å². The van der Waals surface area contributed by atoms with E-state index in [1.54, 1.807) is 0 Å². The first kappa shape index (κ1) is 16.2. The van der Waals surface area contributed by atoms with Crippen LogP contribution in [0, 0.1) is 0 Å². The van der Waals surface area contributed by atoms with Crippen LogP contribution in [0.2, 0.25) is 0 Å². The molecule has 1 aromatic heterocycles. The molecule has 4 heteroatoms. The van der Waals surface area contributed by atoms with Gasteiger partial charge in [0.15, 0.2) is 0 Å². The molecule has 1 aliphatic rings. The first-order chi connectivity index (χ1) is 11.0. The Morgan fingerprint density at radius 2 is 2.04 bits per heavy atom. The van der Waals surface area contributed by atoms with E-state index in [1.807, 2.05) is 23.5 Å². The second-order valence-electron chi connectivity index (χ2n) is 6.52. The topological polar surface area (TPSA) is 32.3 Å². The summed E-state index contributed by atoms with van der Waals surface area (Å²) in [7, 11) is 0. The maximum Gasteiger partial charge on any atom is 0.238 e. The maximum absolute atomic E-state index is 12.3. The summed E-state index contributed by atoms with van der Waals surface area (Å²) < 4.78 is 0. The highest BCUT2D eigenvalue weighted by Gasteiger charge is 2.26. The molecule has 3 nitrogen and oxygen atoms in total. The van der Waals surface area contributed by atoms with Crippen molar-refractivity contribution < 1.29 is 4.79 Å². The highest BCUT2D eigenvalue weighted by Crippen LogP contribution is 2.32. The van der Waals surface area contributed by atoms with Gasteiger partial charge in [-0.1, -0.05) is 26.0 Å². The summed E-state index contributed by atoms with van der Waals surface area (Å²) in [5.41, 5.74) is 3.55. The van der Waals surface area contributed by atoms with Crippen molar-refractivity contribution in [1.82, 2.24) is 4.90 Å². The van der Waals surface area contributed by atoms with E-state index in [9.17, 15) is 4.79 Å². The summed E-state index contributed by atoms with van der Waals surface area (Å²) in [6.45, 7) is 7.93. The van der Waals surface area contributed by atoms with Gasteiger partial charge in [0.05, 0.1) is 6.54 Å². The van der Waals surface area contributed by atoms with E-state index >= 15 is 0 Å². The Kier molecular flexibility index (Phi) is 4.83. The van der Waals surface area contributed by atoms with E-state index in [0.717, 1.165) is 18.7 Å². The number of rotatable bonds is 4. The summed E-state index contributed by atoms with van der Waals surface area (Å²) in [5.74, 6) is 0.571. The minimum Gasteiger partial charge on any atom is -0.325 e. The lowest BCUT2D eigenvalue weighted by atomic mass is 10.0. The standard InChI is InChI=1S/C19H24N2OS/c1-13(2)15-4-6-16(7-5-15)20-19(22)12-21-10-8-18-17(14(21)3)9-11-23-18/h4-7,9,11,13-14H,8,10,12H2,1-3H3,(H,20,22)/t14-/m1/s1. The van der Waals surface area contributed by atoms with Gasteiger partial charge < -0.3 is 5.32 Å². The van der Waals surface area contributed by atoms with E-state index < -0.39 is 0 Å². The molecule has 3 rings (SSSR count). The third kappa shape index (κ3) is 3.65. The van der Waals surface area contributed by atoms with Crippen LogP contribution in [-0.2, 0) is 11.2 Å². The Morgan fingerprint density at radius 1 is 1.30 bits per heavy atom. The summed E-state index contributed by atoms with van der Waals surface area (Å²) in [4.78, 5) is 16.1. The van der Waals surface area contributed by atoms with Crippen LogP contribution in [0.5, 0.6) is 0 Å². The van der Waals surface area contributed by atoms with Crippen LogP contribution in [0.25, 0.3) is 0 Å². The van der Waals surface area contributed by atoms with Crippen molar-refractivity contribution >= 4 is 22.9 Å². The molecule has 1 aliphatic heterocycles. The highest BCUT2D eigenvalue weighted by molar-refractivity contribution is 7.10. The van der Waals surface area contributed by atoms with Crippen molar-refractivity contribution in [3.05, 3.63) is 51.7 Å². The fourth-order valence-electron chi connectivity index (χ4n) is 3.11. The summed E-state index contributed by atoms with van der Waals surface area (Å²) >= 11 is 1.83. The van der Waals surface area contributed by atoms with Gasteiger partial charge in [-0.15, -0.1) is 11.3 Å². The van der Waals surface area contributed by atoms with Crippen molar-refractivity contribution in [3.8, 4) is 0 Å². The van der Waals surface area contributed by atoms with Crippen LogP contribution in [0.1, 0.15) is 48.7 Å². The summed E-state index contributed by atoms with van der Waals surface area (Å²) in [5, 5.41) is 5.17. The second kappa shape index (κ2) is 6.85. The number of hydrogen-bond acceptors (Lipinski definition) is 3. The minimum atomic E-state index is 0.0628. The number of carbonyl (C=O) groups excluding carboxylic acids is 1. The van der Waals surface area contributed by atoms with E-state index in [-0.39, 0.29) is 5.91 Å². The zero-order valence-electron chi connectivity index (χ0n) is 14.0. The maximum atomic E-state index is 12.3. The lowest BCUT2D eigenvalue weighted by Gasteiger charge is -2.32. The van der Waals surface area contributed by atoms with Crippen LogP contribution in [0.3, 0.4) is 0 Å². The average molecular weight is 328 g/mol. The Morgan fingerprint density at radius 3 is 2.74 bits per heavy atom. The molecule has 2 heterocycles. The van der Waals surface area contributed by atoms with Crippen LogP contribution >= 0.6 is 11.3 Å². The molecule has 0 radical (unpaired) electrons. The van der Waals surface area contributed by atoms with E-state index in [0.29, 0.717) is 18.5 Å². The zero-order valence-corrected chi connectivity index (χ0v) is 14.8. The zero-order chi connectivity index (χ0) is 16.4. The Bertz CT molecular complexity index is 675. The van der Waals surface area contributed by atoms with Crippen molar-refractivity contribution in [2.45, 2.75) is 39.2 Å². The molecular formula is C19H24N2OS. The van der Waals surface area contributed by atoms with Crippen LogP contribution in [0.15, 0.2) is 35.7 Å². The van der Waals surface area contributed by atoms with Gasteiger partial charge in [-0.2, -0.15) is 0 Å². The predicted molar refractivity (Wildman–Crippen MR) is 97.2 cm³/mol. The SMILES string of the molecule is CC(C)c1ccc(NC(=O)CN2CCc3sccc3[C@H]2C)cc1. The van der Waals surface area contributed by atoms with Crippen LogP contribution in [0.4, 0.5) is 5.69 Å². The number of fused-ring (bicyclic) bond motifs is 1. The number of carbonyl (C=O) groups is 1. The summed E-state index contributed by atoms with van der Waals surface area (Å²) in [6, 6.07) is 10.7. The quantitative estimate of drug-likeness (QED) is 0.900. The van der Waals surface area contributed by atoms with Gasteiger partial charge >= 0.3 is 0 Å². The normalized spacial score (nSPS) is 18.0. The molecule has 1 N–H and O–H groups in total. The predicted octanol–water partition coefficient (Wildman–Crippen LogP) is 4.43. The van der Waals surface area contributed by atoms with Gasteiger partial charge in [-0.05, 0) is 54.0 Å². The molecule has 2 aromatic rings. The number of thiophene rings is 1. The molecule has 122 valence electrons. The third-order valence-corrected chi connectivity index (χ3v) is 5.61. The van der Waals surface area contributed by atoms with Crippen LogP contribution in [-0.4, -0.2) is 23.9 Å². The average Bonchev–Trinajstić information content (AvgIpc) is 3.00. The van der Waals surface area contributed by atoms with Gasteiger partial charge in [0.1, 0.15) is 0 Å². The molecule has 0 aliphatic carbocycles. The fourth-order valence-corrected chi connectivity index (χ4v) is 4.08. The molecule has 0 unspecified atom stereocenters. The summed E-state index contributed by atoms with van der Waals surface area (Å²) in [6.07, 6.45) is 1.05. The monoisotopic (exact) mass is 328 g/mol. The molecule has 0 saturated heterocycles. The molecule has 0 fully saturated rings. The Hall–Kier alpha value is -1.65. The smallest absolute Gasteiger partial charge is 0.238 e. The number of benzene rings is 1. The van der Waals surface area contributed by atoms with Crippen molar-refractivity contribution in [2.75, 3.05) is 18.4 Å². The first-order valence-electron chi connectivity index (χ1n) is 8.24. The molecule has 23 heavy (non-hydrogen) atoms. The highest BCUT2D eigenvalue weighted by atomic mass is 32.1. The number of hydrogen-bond donors (Lipinski definition) is 1. The van der Waals surface area contributed by atoms with Gasteiger partial charge in [0.25, 0.3) is 0 Å². The molecule has 1 amide bonds. The second-order valence-corrected chi connectivity index (χ2v) is 7.52. The first-order valence-corrected chi connectivity index (χ1v) is 9.12. The number of amides is 1. The van der Waals surface area contributed by atoms with E-state index in [2.05, 4.69) is 54.6 Å². The third-order valence-electron chi connectivity index (χ3n) is 4.61. The molecule has 1 atom stereocenters. The van der Waals surface area contributed by atoms with Crippen molar-refractivity contribution in [1.29, 1.82) is 0 Å². The molecule has 1 aromatic carbocycles. The fraction of sp³-hybridized carbons (Fsp3) is 0.421. The lowest BCUT2D eigenvalue weighted by Crippen LogP contribution is -2.39. The van der Waals surface area contributed by atoms with Crippen LogP contribution < -0.4 is 5.32 Å². The Balaban J connectivity index is 1.59. The molecule has 0 bridgehead atoms. The van der Waals surface area contributed by atoms with Gasteiger partial charge in [0.2, 0.25) is 5.91 Å². The molecule has 0 spiro atoms. The minimum absolute atomic E-state index is 0.0628. The largest absolute Gasteiger partial charge is 0.325 e. The van der Waals surface area contributed by atoms with Gasteiger partial charge in [0, 0.05) is 23.2 Å². The van der Waals surface area contributed by atoms with Crippen molar-refractivity contribution in [3.63, 3.8) is 0 Å². The Labute approximate surface area is 142 Å². The van der Waals surface area contributed by atoms with Gasteiger partial charge in [-0.3, -0.25) is 9.69 Å². The van der Waals surface area contributed by atoms with E-state index in [4.69, 9.17) is 0 Å². The molecular weight excluding hydrogens is 304 g/mol. The number of nitrogens with one attached hydrogen (secondary N) is 1. The van der Waals surface area contributed by atoms with E-state index in [1.165, 1.54) is 16.0 Å². The lowest BCUT2D eigenvalue weighted by molar-refractivity contribution is -0.117. The number of nitrogens with zero attached hydrogens (tertiary/aromatic N) is 1. The number of anilines is 1. The molecule has 0 saturated carbocycles.